The topological polar surface area (TPSA) is 40.9 Å². The van der Waals surface area contributed by atoms with E-state index >= 15 is 0 Å². The number of hydrogen-bond donors (Lipinski definition) is 0. The van der Waals surface area contributed by atoms with E-state index in [-0.39, 0.29) is 5.78 Å². The maximum Gasteiger partial charge on any atom is 0.147 e. The molecule has 1 aliphatic rings. The molecule has 70 valence electrons. The second-order valence-corrected chi connectivity index (χ2v) is 4.21. The van der Waals surface area contributed by atoms with Gasteiger partial charge >= 0.3 is 0 Å². The zero-order chi connectivity index (χ0) is 10.3. The first-order valence-corrected chi connectivity index (χ1v) is 4.62. The number of rotatable bonds is 0. The fraction of sp³-hybridized carbons (Fsp3) is 0.333. The Morgan fingerprint density at radius 3 is 2.79 bits per heavy atom. The number of fused-ring (bicyclic) bond motifs is 1. The Morgan fingerprint density at radius 2 is 2.14 bits per heavy atom. The summed E-state index contributed by atoms with van der Waals surface area (Å²) in [4.78, 5) is 11.7. The smallest absolute Gasteiger partial charge is 0.147 e. The number of benzene rings is 1. The van der Waals surface area contributed by atoms with Crippen LogP contribution in [0.5, 0.6) is 0 Å². The highest BCUT2D eigenvalue weighted by molar-refractivity contribution is 5.95. The molecule has 14 heavy (non-hydrogen) atoms. The molecule has 0 aliphatic heterocycles. The lowest BCUT2D eigenvalue weighted by Gasteiger charge is -2.16. The summed E-state index contributed by atoms with van der Waals surface area (Å²) in [6.45, 7) is 3.84. The first-order chi connectivity index (χ1) is 6.55. The van der Waals surface area contributed by atoms with Gasteiger partial charge in [-0.25, -0.2) is 0 Å². The molecular formula is C12H11NO. The van der Waals surface area contributed by atoms with E-state index in [4.69, 9.17) is 5.26 Å². The maximum absolute atomic E-state index is 11.7. The molecule has 2 rings (SSSR count). The number of ketones is 1. The van der Waals surface area contributed by atoms with E-state index in [1.54, 1.807) is 6.07 Å². The molecule has 0 fully saturated rings. The minimum absolute atomic E-state index is 0.239. The lowest BCUT2D eigenvalue weighted by molar-refractivity contribution is -0.121. The third-order valence-corrected chi connectivity index (χ3v) is 2.96. The van der Waals surface area contributed by atoms with E-state index in [9.17, 15) is 4.79 Å². The van der Waals surface area contributed by atoms with E-state index in [0.29, 0.717) is 12.0 Å². The van der Waals surface area contributed by atoms with Gasteiger partial charge in [0.25, 0.3) is 0 Å². The van der Waals surface area contributed by atoms with Gasteiger partial charge in [-0.1, -0.05) is 6.07 Å². The monoisotopic (exact) mass is 185 g/mol. The van der Waals surface area contributed by atoms with E-state index in [0.717, 1.165) is 11.1 Å². The van der Waals surface area contributed by atoms with Crippen LogP contribution in [0.4, 0.5) is 0 Å². The second-order valence-electron chi connectivity index (χ2n) is 4.21. The molecule has 0 saturated carbocycles. The van der Waals surface area contributed by atoms with Gasteiger partial charge in [0, 0.05) is 11.8 Å². The molecular weight excluding hydrogens is 174 g/mol. The summed E-state index contributed by atoms with van der Waals surface area (Å²) < 4.78 is 0. The molecule has 0 amide bonds. The molecule has 0 saturated heterocycles. The molecule has 2 nitrogen and oxygen atoms in total. The molecule has 1 aliphatic carbocycles. The highest BCUT2D eigenvalue weighted by Gasteiger charge is 2.37. The van der Waals surface area contributed by atoms with Crippen LogP contribution in [0.3, 0.4) is 0 Å². The summed E-state index contributed by atoms with van der Waals surface area (Å²) in [5.74, 6) is 0.239. The second kappa shape index (κ2) is 2.68. The number of carbonyl (C=O) groups is 1. The molecule has 0 spiro atoms. The third-order valence-electron chi connectivity index (χ3n) is 2.96. The van der Waals surface area contributed by atoms with Gasteiger partial charge in [-0.15, -0.1) is 0 Å². The molecule has 0 radical (unpaired) electrons. The summed E-state index contributed by atoms with van der Waals surface area (Å²) in [5.41, 5.74) is 2.30. The molecule has 1 aromatic carbocycles. The van der Waals surface area contributed by atoms with Crippen molar-refractivity contribution in [3.63, 3.8) is 0 Å². The van der Waals surface area contributed by atoms with E-state index < -0.39 is 5.41 Å². The van der Waals surface area contributed by atoms with Crippen LogP contribution < -0.4 is 0 Å². The van der Waals surface area contributed by atoms with Gasteiger partial charge in [0.05, 0.1) is 11.6 Å². The van der Waals surface area contributed by atoms with E-state index in [2.05, 4.69) is 6.07 Å². The molecule has 0 aromatic heterocycles. The van der Waals surface area contributed by atoms with Gasteiger partial charge < -0.3 is 0 Å². The van der Waals surface area contributed by atoms with Crippen molar-refractivity contribution in [2.75, 3.05) is 0 Å². The van der Waals surface area contributed by atoms with Crippen molar-refractivity contribution in [3.8, 4) is 6.07 Å². The van der Waals surface area contributed by atoms with Gasteiger partial charge in [-0.05, 0) is 37.1 Å². The highest BCUT2D eigenvalue weighted by atomic mass is 16.1. The van der Waals surface area contributed by atoms with Gasteiger partial charge in [-0.2, -0.15) is 5.26 Å². The third kappa shape index (κ3) is 1.06. The molecule has 2 heteroatoms. The summed E-state index contributed by atoms with van der Waals surface area (Å²) >= 11 is 0. The minimum atomic E-state index is -0.414. The lowest BCUT2D eigenvalue weighted by atomic mass is 9.85. The predicted molar refractivity (Wildman–Crippen MR) is 52.9 cm³/mol. The number of nitrogens with zero attached hydrogens (tertiary/aromatic N) is 1. The van der Waals surface area contributed by atoms with Gasteiger partial charge in [0.1, 0.15) is 5.78 Å². The summed E-state index contributed by atoms with van der Waals surface area (Å²) in [5, 5.41) is 8.77. The van der Waals surface area contributed by atoms with Crippen LogP contribution >= 0.6 is 0 Å². The van der Waals surface area contributed by atoms with Crippen molar-refractivity contribution in [1.29, 1.82) is 5.26 Å². The Kier molecular flexibility index (Phi) is 1.72. The highest BCUT2D eigenvalue weighted by Crippen LogP contribution is 2.35. The van der Waals surface area contributed by atoms with Gasteiger partial charge in [0.15, 0.2) is 0 Å². The molecule has 0 atom stereocenters. The van der Waals surface area contributed by atoms with Crippen LogP contribution in [-0.4, -0.2) is 5.78 Å². The number of hydrogen-bond acceptors (Lipinski definition) is 2. The number of Topliss-reactive ketones (excluding diaryl/α,β-unsaturated/α-hetero) is 1. The fourth-order valence-corrected chi connectivity index (χ4v) is 1.93. The van der Waals surface area contributed by atoms with Crippen LogP contribution in [0.2, 0.25) is 0 Å². The van der Waals surface area contributed by atoms with Crippen molar-refractivity contribution in [2.45, 2.75) is 25.7 Å². The standard InChI is InChI=1S/C12H11NO/c1-12(2)10-5-8(7-13)3-4-9(10)6-11(12)14/h3-5H,6H2,1-2H3. The first-order valence-electron chi connectivity index (χ1n) is 4.62. The zero-order valence-electron chi connectivity index (χ0n) is 8.29. The Bertz CT molecular complexity index is 452. The Labute approximate surface area is 83.2 Å². The average Bonchev–Trinajstić information content (AvgIpc) is 2.38. The zero-order valence-corrected chi connectivity index (χ0v) is 8.29. The van der Waals surface area contributed by atoms with Crippen LogP contribution in [0.25, 0.3) is 0 Å². The van der Waals surface area contributed by atoms with Crippen molar-refractivity contribution in [2.24, 2.45) is 0 Å². The Balaban J connectivity index is 2.64. The van der Waals surface area contributed by atoms with E-state index in [1.165, 1.54) is 0 Å². The van der Waals surface area contributed by atoms with Crippen molar-refractivity contribution >= 4 is 5.78 Å². The summed E-state index contributed by atoms with van der Waals surface area (Å²) in [6, 6.07) is 7.59. The largest absolute Gasteiger partial charge is 0.298 e. The van der Waals surface area contributed by atoms with Crippen molar-refractivity contribution in [1.82, 2.24) is 0 Å². The van der Waals surface area contributed by atoms with Crippen LogP contribution in [-0.2, 0) is 16.6 Å². The summed E-state index contributed by atoms with van der Waals surface area (Å²) in [7, 11) is 0. The molecule has 0 N–H and O–H groups in total. The van der Waals surface area contributed by atoms with Crippen molar-refractivity contribution < 1.29 is 4.79 Å². The molecule has 0 bridgehead atoms. The van der Waals surface area contributed by atoms with Crippen LogP contribution in [0.15, 0.2) is 18.2 Å². The minimum Gasteiger partial charge on any atom is -0.298 e. The van der Waals surface area contributed by atoms with Crippen LogP contribution in [0, 0.1) is 11.3 Å². The normalized spacial score (nSPS) is 17.6. The Morgan fingerprint density at radius 1 is 1.43 bits per heavy atom. The van der Waals surface area contributed by atoms with E-state index in [1.807, 2.05) is 26.0 Å². The average molecular weight is 185 g/mol. The number of carbonyl (C=O) groups excluding carboxylic acids is 1. The molecule has 1 aromatic rings. The Hall–Kier alpha value is -1.62. The quantitative estimate of drug-likeness (QED) is 0.620. The van der Waals surface area contributed by atoms with Gasteiger partial charge in [0.2, 0.25) is 0 Å². The molecule has 0 unspecified atom stereocenters. The predicted octanol–water partition coefficient (Wildman–Crippen LogP) is 1.96. The first kappa shape index (κ1) is 8.96. The number of nitriles is 1. The maximum atomic E-state index is 11.7. The fourth-order valence-electron chi connectivity index (χ4n) is 1.93. The van der Waals surface area contributed by atoms with Crippen LogP contribution in [0.1, 0.15) is 30.5 Å². The molecule has 0 heterocycles. The van der Waals surface area contributed by atoms with Gasteiger partial charge in [-0.3, -0.25) is 4.79 Å². The SMILES string of the molecule is CC1(C)C(=O)Cc2ccc(C#N)cc21. The summed E-state index contributed by atoms with van der Waals surface area (Å²) in [6.07, 6.45) is 0.508. The lowest BCUT2D eigenvalue weighted by Crippen LogP contribution is -2.23. The van der Waals surface area contributed by atoms with Crippen molar-refractivity contribution in [3.05, 3.63) is 34.9 Å².